The van der Waals surface area contributed by atoms with Crippen molar-refractivity contribution >= 4 is 17.3 Å². The molecule has 0 aromatic heterocycles. The SMILES string of the molecule is Cc1ccccc1CNc1ccccc1Cl. The number of benzene rings is 2. The maximum Gasteiger partial charge on any atom is 0.0637 e. The van der Waals surface area contributed by atoms with E-state index in [1.165, 1.54) is 11.1 Å². The molecular formula is C14H14ClN. The molecule has 2 aromatic rings. The maximum absolute atomic E-state index is 6.07. The van der Waals surface area contributed by atoms with Crippen molar-refractivity contribution in [2.45, 2.75) is 13.5 Å². The summed E-state index contributed by atoms with van der Waals surface area (Å²) in [6, 6.07) is 16.1. The Hall–Kier alpha value is -1.47. The van der Waals surface area contributed by atoms with Gasteiger partial charge in [-0.05, 0) is 30.2 Å². The molecule has 1 nitrogen and oxygen atoms in total. The standard InChI is InChI=1S/C14H14ClN/c1-11-6-2-3-7-12(11)10-16-14-9-5-4-8-13(14)15/h2-9,16H,10H2,1H3. The number of halogens is 1. The Morgan fingerprint density at radius 1 is 1.00 bits per heavy atom. The lowest BCUT2D eigenvalue weighted by Gasteiger charge is -2.09. The first-order chi connectivity index (χ1) is 7.77. The van der Waals surface area contributed by atoms with Gasteiger partial charge in [0.2, 0.25) is 0 Å². The molecule has 82 valence electrons. The molecule has 0 aliphatic heterocycles. The van der Waals surface area contributed by atoms with Gasteiger partial charge in [-0.3, -0.25) is 0 Å². The van der Waals surface area contributed by atoms with E-state index in [1.54, 1.807) is 0 Å². The second-order valence-electron chi connectivity index (χ2n) is 3.76. The first-order valence-corrected chi connectivity index (χ1v) is 5.68. The highest BCUT2D eigenvalue weighted by molar-refractivity contribution is 6.33. The van der Waals surface area contributed by atoms with Gasteiger partial charge >= 0.3 is 0 Å². The predicted octanol–water partition coefficient (Wildman–Crippen LogP) is 4.26. The summed E-state index contributed by atoms with van der Waals surface area (Å²) in [5, 5.41) is 4.10. The molecule has 1 N–H and O–H groups in total. The minimum atomic E-state index is 0.760. The summed E-state index contributed by atoms with van der Waals surface area (Å²) in [7, 11) is 0. The van der Waals surface area contributed by atoms with Crippen LogP contribution in [0, 0.1) is 6.92 Å². The normalized spacial score (nSPS) is 10.1. The van der Waals surface area contributed by atoms with Crippen LogP contribution in [-0.4, -0.2) is 0 Å². The van der Waals surface area contributed by atoms with Crippen molar-refractivity contribution in [3.05, 3.63) is 64.7 Å². The number of hydrogen-bond acceptors (Lipinski definition) is 1. The Balaban J connectivity index is 2.09. The van der Waals surface area contributed by atoms with E-state index in [0.717, 1.165) is 17.3 Å². The smallest absolute Gasteiger partial charge is 0.0637 e. The number of nitrogens with one attached hydrogen (secondary N) is 1. The van der Waals surface area contributed by atoms with Gasteiger partial charge in [-0.1, -0.05) is 48.0 Å². The fourth-order valence-electron chi connectivity index (χ4n) is 1.60. The first kappa shape index (κ1) is 11.0. The summed E-state index contributed by atoms with van der Waals surface area (Å²) in [6.45, 7) is 2.92. The van der Waals surface area contributed by atoms with Gasteiger partial charge in [-0.2, -0.15) is 0 Å². The Morgan fingerprint density at radius 2 is 1.69 bits per heavy atom. The van der Waals surface area contributed by atoms with Crippen LogP contribution in [0.2, 0.25) is 5.02 Å². The van der Waals surface area contributed by atoms with E-state index in [-0.39, 0.29) is 0 Å². The third-order valence-corrected chi connectivity index (χ3v) is 2.93. The van der Waals surface area contributed by atoms with Crippen LogP contribution < -0.4 is 5.32 Å². The maximum atomic E-state index is 6.07. The van der Waals surface area contributed by atoms with Crippen LogP contribution in [0.15, 0.2) is 48.5 Å². The molecule has 0 heterocycles. The number of anilines is 1. The molecule has 0 amide bonds. The molecule has 0 saturated heterocycles. The average molecular weight is 232 g/mol. The van der Waals surface area contributed by atoms with Crippen LogP contribution in [0.5, 0.6) is 0 Å². The minimum absolute atomic E-state index is 0.760. The van der Waals surface area contributed by atoms with Crippen molar-refractivity contribution in [3.63, 3.8) is 0 Å². The summed E-state index contributed by atoms with van der Waals surface area (Å²) in [5.74, 6) is 0. The molecular weight excluding hydrogens is 218 g/mol. The highest BCUT2D eigenvalue weighted by Crippen LogP contribution is 2.21. The number of hydrogen-bond donors (Lipinski definition) is 1. The van der Waals surface area contributed by atoms with E-state index >= 15 is 0 Å². The van der Waals surface area contributed by atoms with Crippen LogP contribution in [0.1, 0.15) is 11.1 Å². The third-order valence-electron chi connectivity index (χ3n) is 2.60. The molecule has 0 unspecified atom stereocenters. The molecule has 0 radical (unpaired) electrons. The van der Waals surface area contributed by atoms with Gasteiger partial charge in [-0.25, -0.2) is 0 Å². The van der Waals surface area contributed by atoms with Gasteiger partial charge in [-0.15, -0.1) is 0 Å². The van der Waals surface area contributed by atoms with Gasteiger partial charge in [0.25, 0.3) is 0 Å². The van der Waals surface area contributed by atoms with Crippen LogP contribution in [0.3, 0.4) is 0 Å². The number of aryl methyl sites for hydroxylation is 1. The molecule has 2 rings (SSSR count). The summed E-state index contributed by atoms with van der Waals surface area (Å²) in [4.78, 5) is 0. The molecule has 0 aliphatic carbocycles. The zero-order chi connectivity index (χ0) is 11.4. The van der Waals surface area contributed by atoms with Crippen molar-refractivity contribution in [1.29, 1.82) is 0 Å². The molecule has 0 aliphatic rings. The monoisotopic (exact) mass is 231 g/mol. The zero-order valence-electron chi connectivity index (χ0n) is 9.20. The Kier molecular flexibility index (Phi) is 3.47. The number of para-hydroxylation sites is 1. The Morgan fingerprint density at radius 3 is 2.44 bits per heavy atom. The minimum Gasteiger partial charge on any atom is -0.380 e. The lowest BCUT2D eigenvalue weighted by molar-refractivity contribution is 1.12. The summed E-state index contributed by atoms with van der Waals surface area (Å²) in [6.07, 6.45) is 0. The van der Waals surface area contributed by atoms with E-state index in [0.29, 0.717) is 0 Å². The van der Waals surface area contributed by atoms with E-state index in [2.05, 4.69) is 30.4 Å². The van der Waals surface area contributed by atoms with Gasteiger partial charge < -0.3 is 5.32 Å². The molecule has 0 atom stereocenters. The average Bonchev–Trinajstić information content (AvgIpc) is 2.30. The van der Waals surface area contributed by atoms with Crippen LogP contribution in [-0.2, 0) is 6.54 Å². The van der Waals surface area contributed by atoms with E-state index < -0.39 is 0 Å². The molecule has 0 saturated carbocycles. The third kappa shape index (κ3) is 2.56. The molecule has 16 heavy (non-hydrogen) atoms. The highest BCUT2D eigenvalue weighted by Gasteiger charge is 1.99. The fourth-order valence-corrected chi connectivity index (χ4v) is 1.81. The number of rotatable bonds is 3. The van der Waals surface area contributed by atoms with Crippen LogP contribution >= 0.6 is 11.6 Å². The topological polar surface area (TPSA) is 12.0 Å². The quantitative estimate of drug-likeness (QED) is 0.832. The zero-order valence-corrected chi connectivity index (χ0v) is 9.96. The van der Waals surface area contributed by atoms with Gasteiger partial charge in [0.05, 0.1) is 10.7 Å². The van der Waals surface area contributed by atoms with Crippen LogP contribution in [0.4, 0.5) is 5.69 Å². The van der Waals surface area contributed by atoms with Crippen molar-refractivity contribution < 1.29 is 0 Å². The fraction of sp³-hybridized carbons (Fsp3) is 0.143. The van der Waals surface area contributed by atoms with Crippen molar-refractivity contribution in [2.24, 2.45) is 0 Å². The lowest BCUT2D eigenvalue weighted by atomic mass is 10.1. The summed E-state index contributed by atoms with van der Waals surface area (Å²) < 4.78 is 0. The molecule has 2 aromatic carbocycles. The van der Waals surface area contributed by atoms with Crippen molar-refractivity contribution in [2.75, 3.05) is 5.32 Å². The first-order valence-electron chi connectivity index (χ1n) is 5.30. The van der Waals surface area contributed by atoms with Gasteiger partial charge in [0, 0.05) is 6.54 Å². The van der Waals surface area contributed by atoms with E-state index in [9.17, 15) is 0 Å². The molecule has 0 fully saturated rings. The predicted molar refractivity (Wildman–Crippen MR) is 70.0 cm³/mol. The van der Waals surface area contributed by atoms with E-state index in [1.807, 2.05) is 30.3 Å². The van der Waals surface area contributed by atoms with Crippen LogP contribution in [0.25, 0.3) is 0 Å². The second kappa shape index (κ2) is 5.04. The Labute approximate surface area is 101 Å². The largest absolute Gasteiger partial charge is 0.380 e. The van der Waals surface area contributed by atoms with E-state index in [4.69, 9.17) is 11.6 Å². The van der Waals surface area contributed by atoms with Gasteiger partial charge in [0.1, 0.15) is 0 Å². The molecule has 0 bridgehead atoms. The molecule has 0 spiro atoms. The highest BCUT2D eigenvalue weighted by atomic mass is 35.5. The van der Waals surface area contributed by atoms with Crippen molar-refractivity contribution in [3.8, 4) is 0 Å². The van der Waals surface area contributed by atoms with Gasteiger partial charge in [0.15, 0.2) is 0 Å². The summed E-state index contributed by atoms with van der Waals surface area (Å²) >= 11 is 6.07. The second-order valence-corrected chi connectivity index (χ2v) is 4.17. The Bertz CT molecular complexity index is 434. The van der Waals surface area contributed by atoms with Crippen molar-refractivity contribution in [1.82, 2.24) is 0 Å². The summed E-state index contributed by atoms with van der Waals surface area (Å²) in [5.41, 5.74) is 3.57. The lowest BCUT2D eigenvalue weighted by Crippen LogP contribution is -2.01. The molecule has 2 heteroatoms.